The van der Waals surface area contributed by atoms with Crippen LogP contribution < -0.4 is 0 Å². The first-order valence-corrected chi connectivity index (χ1v) is 2.88. The predicted molar refractivity (Wildman–Crippen MR) is 49.6 cm³/mol. The van der Waals surface area contributed by atoms with Crippen LogP contribution in [0.1, 0.15) is 36.1 Å². The van der Waals surface area contributed by atoms with Crippen molar-refractivity contribution in [3.8, 4) is 0 Å². The second kappa shape index (κ2) is 5.75. The molecule has 0 radical (unpaired) electrons. The first-order chi connectivity index (χ1) is 4.13. The number of esters is 2. The van der Waals surface area contributed by atoms with Gasteiger partial charge in [-0.15, -0.1) is 0 Å². The van der Waals surface area contributed by atoms with E-state index in [1.54, 1.807) is 13.8 Å². The van der Waals surface area contributed by atoms with Crippen LogP contribution in [0, 0.1) is 11.8 Å². The molecule has 0 spiro atoms. The highest BCUT2D eigenvalue weighted by Gasteiger charge is 2.37. The summed E-state index contributed by atoms with van der Waals surface area (Å²) in [6, 6.07) is 0. The van der Waals surface area contributed by atoms with Crippen LogP contribution in [-0.4, -0.2) is 11.9 Å². The van der Waals surface area contributed by atoms with Gasteiger partial charge in [-0.25, -0.2) is 0 Å². The van der Waals surface area contributed by atoms with Gasteiger partial charge >= 0.3 is 11.9 Å². The van der Waals surface area contributed by atoms with Gasteiger partial charge in [0.05, 0.1) is 11.8 Å². The van der Waals surface area contributed by atoms with Crippen molar-refractivity contribution in [1.29, 1.82) is 0 Å². The Bertz CT molecular complexity index is 145. The van der Waals surface area contributed by atoms with Crippen molar-refractivity contribution >= 4 is 11.9 Å². The summed E-state index contributed by atoms with van der Waals surface area (Å²) in [5.41, 5.74) is 0. The molecule has 2 unspecified atom stereocenters. The smallest absolute Gasteiger partial charge is 0.317 e. The molecule has 0 aromatic rings. The second-order valence-corrected chi connectivity index (χ2v) is 2.32. The van der Waals surface area contributed by atoms with Gasteiger partial charge < -0.3 is 4.74 Å². The molecule has 74 valence electrons. The van der Waals surface area contributed by atoms with Crippen LogP contribution in [0.25, 0.3) is 0 Å². The Kier molecular flexibility index (Phi) is 8.28. The fourth-order valence-corrected chi connectivity index (χ4v) is 0.693. The molecule has 1 heterocycles. The molecule has 1 fully saturated rings. The maximum absolute atomic E-state index is 10.6. The van der Waals surface area contributed by atoms with E-state index in [9.17, 15) is 9.59 Å². The maximum atomic E-state index is 10.6. The molecule has 1 rings (SSSR count). The summed E-state index contributed by atoms with van der Waals surface area (Å²) in [5.74, 6) is -1.30. The Morgan fingerprint density at radius 1 is 0.917 bits per heavy atom. The molecule has 1 aliphatic rings. The lowest BCUT2D eigenvalue weighted by molar-refractivity contribution is -0.153. The van der Waals surface area contributed by atoms with E-state index in [1.807, 2.05) is 0 Å². The second-order valence-electron chi connectivity index (χ2n) is 2.32. The zero-order chi connectivity index (χ0) is 7.02. The van der Waals surface area contributed by atoms with Crippen LogP contribution in [0.3, 0.4) is 0 Å². The number of ether oxygens (including phenoxy) is 1. The fourth-order valence-electron chi connectivity index (χ4n) is 0.693. The molecule has 0 aliphatic carbocycles. The molecule has 0 aromatic carbocycles. The van der Waals surface area contributed by atoms with E-state index in [2.05, 4.69) is 4.74 Å². The molecule has 0 amide bonds. The van der Waals surface area contributed by atoms with Crippen molar-refractivity contribution in [3.05, 3.63) is 0 Å². The zero-order valence-electron chi connectivity index (χ0n) is 5.38. The van der Waals surface area contributed by atoms with Gasteiger partial charge in [0.15, 0.2) is 0 Å². The van der Waals surface area contributed by atoms with E-state index in [0.29, 0.717) is 0 Å². The minimum Gasteiger partial charge on any atom is -0.393 e. The number of carbonyl (C=O) groups excluding carboxylic acids is 2. The topological polar surface area (TPSA) is 43.4 Å². The lowest BCUT2D eigenvalue weighted by Crippen LogP contribution is -2.09. The molecule has 0 saturated carbocycles. The Morgan fingerprint density at radius 2 is 1.17 bits per heavy atom. The van der Waals surface area contributed by atoms with Gasteiger partial charge in [-0.3, -0.25) is 9.59 Å². The molecule has 12 heavy (non-hydrogen) atoms. The number of hydrogen-bond donors (Lipinski definition) is 0. The van der Waals surface area contributed by atoms with Crippen molar-refractivity contribution in [2.45, 2.75) is 36.1 Å². The van der Waals surface area contributed by atoms with Crippen molar-refractivity contribution < 1.29 is 14.3 Å². The Balaban J connectivity index is -0.000000270. The monoisotopic (exact) mass is 176 g/mol. The van der Waals surface area contributed by atoms with Gasteiger partial charge in [0.25, 0.3) is 0 Å². The molecule has 1 aliphatic heterocycles. The molecular formula is C9H20O3. The van der Waals surface area contributed by atoms with Crippen molar-refractivity contribution in [3.63, 3.8) is 0 Å². The van der Waals surface area contributed by atoms with E-state index < -0.39 is 11.9 Å². The minimum absolute atomic E-state index is 0. The van der Waals surface area contributed by atoms with Crippen molar-refractivity contribution in [2.24, 2.45) is 11.8 Å². The maximum Gasteiger partial charge on any atom is 0.317 e. The van der Waals surface area contributed by atoms with Crippen LogP contribution in [0.4, 0.5) is 0 Å². The molecule has 3 heteroatoms. The van der Waals surface area contributed by atoms with E-state index in [1.165, 1.54) is 0 Å². The van der Waals surface area contributed by atoms with Gasteiger partial charge in [0.1, 0.15) is 0 Å². The first kappa shape index (κ1) is 17.3. The molecule has 0 N–H and O–H groups in total. The Morgan fingerprint density at radius 3 is 1.25 bits per heavy atom. The number of rotatable bonds is 0. The average Bonchev–Trinajstić information content (AvgIpc) is 1.98. The fraction of sp³-hybridized carbons (Fsp3) is 0.778. The zero-order valence-corrected chi connectivity index (χ0v) is 5.38. The highest BCUT2D eigenvalue weighted by Crippen LogP contribution is 2.21. The molecular weight excluding hydrogens is 156 g/mol. The third kappa shape index (κ3) is 2.64. The van der Waals surface area contributed by atoms with E-state index in [-0.39, 0.29) is 34.1 Å². The third-order valence-corrected chi connectivity index (χ3v) is 1.69. The summed E-state index contributed by atoms with van der Waals surface area (Å²) in [7, 11) is 0. The quantitative estimate of drug-likeness (QED) is 0.420. The lowest BCUT2D eigenvalue weighted by atomic mass is 10.00. The average molecular weight is 176 g/mol. The van der Waals surface area contributed by atoms with E-state index >= 15 is 0 Å². The molecule has 2 atom stereocenters. The summed E-state index contributed by atoms with van der Waals surface area (Å²) < 4.78 is 4.31. The van der Waals surface area contributed by atoms with Gasteiger partial charge in [-0.05, 0) is 0 Å². The highest BCUT2D eigenvalue weighted by atomic mass is 16.6. The summed E-state index contributed by atoms with van der Waals surface area (Å²) in [5, 5.41) is 0. The highest BCUT2D eigenvalue weighted by molar-refractivity contribution is 5.95. The lowest BCUT2D eigenvalue weighted by Gasteiger charge is -1.96. The van der Waals surface area contributed by atoms with Gasteiger partial charge in [-0.2, -0.15) is 0 Å². The standard InChI is InChI=1S/C6H8O3.3CH4/c1-3-4(2)6(8)9-5(3)7;;;/h3-4H,1-2H3;3*1H4. The van der Waals surface area contributed by atoms with E-state index in [4.69, 9.17) is 0 Å². The van der Waals surface area contributed by atoms with Crippen LogP contribution in [0.5, 0.6) is 0 Å². The molecule has 0 aromatic heterocycles. The SMILES string of the molecule is C.C.C.CC1C(=O)OC(=O)C1C. The van der Waals surface area contributed by atoms with Gasteiger partial charge in [0.2, 0.25) is 0 Å². The van der Waals surface area contributed by atoms with Crippen LogP contribution in [-0.2, 0) is 14.3 Å². The molecule has 3 nitrogen and oxygen atoms in total. The number of cyclic esters (lactones) is 2. The molecule has 0 bridgehead atoms. The van der Waals surface area contributed by atoms with Crippen molar-refractivity contribution in [1.82, 2.24) is 0 Å². The summed E-state index contributed by atoms with van der Waals surface area (Å²) >= 11 is 0. The summed E-state index contributed by atoms with van der Waals surface area (Å²) in [4.78, 5) is 21.1. The van der Waals surface area contributed by atoms with Crippen LogP contribution >= 0.6 is 0 Å². The number of hydrogen-bond acceptors (Lipinski definition) is 3. The largest absolute Gasteiger partial charge is 0.393 e. The Labute approximate surface area is 75.1 Å². The summed E-state index contributed by atoms with van der Waals surface area (Å²) in [6.07, 6.45) is 0. The third-order valence-electron chi connectivity index (χ3n) is 1.69. The Hall–Kier alpha value is -0.860. The van der Waals surface area contributed by atoms with E-state index in [0.717, 1.165) is 0 Å². The van der Waals surface area contributed by atoms with Crippen molar-refractivity contribution in [2.75, 3.05) is 0 Å². The predicted octanol–water partition coefficient (Wildman–Crippen LogP) is 2.25. The van der Waals surface area contributed by atoms with Crippen LogP contribution in [0.15, 0.2) is 0 Å². The number of carbonyl (C=O) groups is 2. The van der Waals surface area contributed by atoms with Gasteiger partial charge in [-0.1, -0.05) is 36.1 Å². The van der Waals surface area contributed by atoms with Crippen LogP contribution in [0.2, 0.25) is 0 Å². The first-order valence-electron chi connectivity index (χ1n) is 2.88. The normalized spacial score (nSPS) is 26.2. The minimum atomic E-state index is -0.396. The summed E-state index contributed by atoms with van der Waals surface area (Å²) in [6.45, 7) is 3.38. The van der Waals surface area contributed by atoms with Gasteiger partial charge in [0, 0.05) is 0 Å². The molecule has 1 saturated heterocycles.